The molecule has 2 fully saturated rings. The first-order valence-corrected chi connectivity index (χ1v) is 7.61. The molecule has 0 aromatic rings. The van der Waals surface area contributed by atoms with Gasteiger partial charge in [-0.05, 0) is 44.9 Å². The topological polar surface area (TPSA) is 20.3 Å². The monoisotopic (exact) mass is 247 g/mol. The Balaban J connectivity index is 2.00. The zero-order valence-electron chi connectivity index (χ0n) is 11.9. The molecule has 0 bridgehead atoms. The summed E-state index contributed by atoms with van der Waals surface area (Å²) in [6.45, 7) is 6.68. The molecule has 0 aromatic heterocycles. The average Bonchev–Trinajstić information content (AvgIpc) is 2.36. The van der Waals surface area contributed by atoms with E-state index in [1.165, 1.54) is 31.4 Å². The van der Waals surface area contributed by atoms with Gasteiger partial charge >= 0.3 is 0 Å². The second-order valence-electron chi connectivity index (χ2n) is 6.65. The van der Waals surface area contributed by atoms with Crippen LogP contribution in [0.3, 0.4) is 0 Å². The van der Waals surface area contributed by atoms with Crippen molar-refractivity contribution in [3.8, 4) is 0 Å². The van der Waals surface area contributed by atoms with Gasteiger partial charge in [0.05, 0.1) is 0 Å². The molecule has 2 nitrogen and oxygen atoms in total. The van der Waals surface area contributed by atoms with E-state index in [1.54, 1.807) is 0 Å². The lowest BCUT2D eigenvalue weighted by atomic mass is 9.69. The Morgan fingerprint density at radius 3 is 2.61 bits per heavy atom. The Morgan fingerprint density at radius 1 is 1.11 bits per heavy atom. The molecule has 2 aliphatic heterocycles. The molecule has 3 aliphatic rings. The van der Waals surface area contributed by atoms with Crippen LogP contribution in [-0.2, 0) is 4.79 Å². The highest BCUT2D eigenvalue weighted by Crippen LogP contribution is 2.46. The van der Waals surface area contributed by atoms with E-state index in [4.69, 9.17) is 0 Å². The Kier molecular flexibility index (Phi) is 2.99. The largest absolute Gasteiger partial charge is 0.368 e. The van der Waals surface area contributed by atoms with Crippen molar-refractivity contribution in [2.24, 2.45) is 11.8 Å². The lowest BCUT2D eigenvalue weighted by Gasteiger charge is -2.54. The predicted octanol–water partition coefficient (Wildman–Crippen LogP) is 3.52. The average molecular weight is 247 g/mol. The summed E-state index contributed by atoms with van der Waals surface area (Å²) in [4.78, 5) is 14.7. The quantitative estimate of drug-likeness (QED) is 0.653. The number of fused-ring (bicyclic) bond motifs is 3. The van der Waals surface area contributed by atoms with Gasteiger partial charge in [0, 0.05) is 29.8 Å². The SMILES string of the molecule is CC1=C2CC(C)C3CCCCC3N2C(C)CC1=O. The van der Waals surface area contributed by atoms with Crippen molar-refractivity contribution >= 4 is 5.78 Å². The van der Waals surface area contributed by atoms with E-state index in [1.807, 2.05) is 6.92 Å². The number of carbonyl (C=O) groups is 1. The normalized spacial score (nSPS) is 40.6. The summed E-state index contributed by atoms with van der Waals surface area (Å²) in [6.07, 6.45) is 7.37. The number of rotatable bonds is 0. The van der Waals surface area contributed by atoms with E-state index in [0.717, 1.165) is 36.3 Å². The van der Waals surface area contributed by atoms with Crippen LogP contribution in [-0.4, -0.2) is 22.8 Å². The van der Waals surface area contributed by atoms with Gasteiger partial charge in [0.25, 0.3) is 0 Å². The summed E-state index contributed by atoms with van der Waals surface area (Å²) in [5.41, 5.74) is 2.44. The molecule has 3 rings (SSSR count). The summed E-state index contributed by atoms with van der Waals surface area (Å²) in [6, 6.07) is 1.14. The minimum absolute atomic E-state index is 0.384. The third-order valence-electron chi connectivity index (χ3n) is 5.50. The van der Waals surface area contributed by atoms with E-state index >= 15 is 0 Å². The summed E-state index contributed by atoms with van der Waals surface area (Å²) in [7, 11) is 0. The van der Waals surface area contributed by atoms with Gasteiger partial charge in [-0.2, -0.15) is 0 Å². The molecule has 0 amide bonds. The molecule has 18 heavy (non-hydrogen) atoms. The molecular weight excluding hydrogens is 222 g/mol. The summed E-state index contributed by atoms with van der Waals surface area (Å²) in [5, 5.41) is 0. The summed E-state index contributed by atoms with van der Waals surface area (Å²) in [5.74, 6) is 2.01. The molecule has 0 spiro atoms. The second kappa shape index (κ2) is 4.40. The number of hydrogen-bond acceptors (Lipinski definition) is 2. The van der Waals surface area contributed by atoms with E-state index < -0.39 is 0 Å². The highest BCUT2D eigenvalue weighted by molar-refractivity contribution is 5.96. The molecule has 1 saturated heterocycles. The number of hydrogen-bond donors (Lipinski definition) is 0. The van der Waals surface area contributed by atoms with Crippen LogP contribution >= 0.6 is 0 Å². The van der Waals surface area contributed by atoms with Gasteiger partial charge in [0.15, 0.2) is 5.78 Å². The zero-order valence-corrected chi connectivity index (χ0v) is 11.9. The third kappa shape index (κ3) is 1.72. The molecule has 1 aliphatic carbocycles. The Bertz CT molecular complexity index is 398. The summed E-state index contributed by atoms with van der Waals surface area (Å²) < 4.78 is 0. The second-order valence-corrected chi connectivity index (χ2v) is 6.65. The predicted molar refractivity (Wildman–Crippen MR) is 73.2 cm³/mol. The van der Waals surface area contributed by atoms with Crippen molar-refractivity contribution in [1.29, 1.82) is 0 Å². The number of carbonyl (C=O) groups excluding carboxylic acids is 1. The standard InChI is InChI=1S/C16H25NO/c1-10-8-15-12(3)16(18)9-11(2)17(15)14-7-5-4-6-13(10)14/h10-11,13-14H,4-9H2,1-3H3. The fourth-order valence-corrected chi connectivity index (χ4v) is 4.53. The number of ketones is 1. The van der Waals surface area contributed by atoms with Gasteiger partial charge in [-0.3, -0.25) is 4.79 Å². The molecule has 0 radical (unpaired) electrons. The molecule has 2 heteroatoms. The smallest absolute Gasteiger partial charge is 0.162 e. The molecule has 2 heterocycles. The Morgan fingerprint density at radius 2 is 1.83 bits per heavy atom. The Labute approximate surface area is 110 Å². The van der Waals surface area contributed by atoms with Crippen LogP contribution in [0.1, 0.15) is 59.3 Å². The molecule has 0 aromatic carbocycles. The first-order valence-electron chi connectivity index (χ1n) is 7.61. The minimum atomic E-state index is 0.384. The number of piperidine rings is 1. The van der Waals surface area contributed by atoms with E-state index in [-0.39, 0.29) is 0 Å². The molecular formula is C16H25NO. The van der Waals surface area contributed by atoms with Crippen molar-refractivity contribution in [2.75, 3.05) is 0 Å². The van der Waals surface area contributed by atoms with Crippen LogP contribution in [0.25, 0.3) is 0 Å². The first-order chi connectivity index (χ1) is 8.59. The van der Waals surface area contributed by atoms with Crippen LogP contribution in [0.5, 0.6) is 0 Å². The van der Waals surface area contributed by atoms with E-state index in [9.17, 15) is 4.79 Å². The highest BCUT2D eigenvalue weighted by atomic mass is 16.1. The van der Waals surface area contributed by atoms with Gasteiger partial charge < -0.3 is 4.90 Å². The third-order valence-corrected chi connectivity index (χ3v) is 5.50. The molecule has 4 unspecified atom stereocenters. The fourth-order valence-electron chi connectivity index (χ4n) is 4.53. The molecule has 0 N–H and O–H groups in total. The fraction of sp³-hybridized carbons (Fsp3) is 0.812. The van der Waals surface area contributed by atoms with Crippen LogP contribution in [0.4, 0.5) is 0 Å². The van der Waals surface area contributed by atoms with E-state index in [2.05, 4.69) is 18.7 Å². The maximum atomic E-state index is 12.0. The van der Waals surface area contributed by atoms with Crippen LogP contribution in [0.2, 0.25) is 0 Å². The lowest BCUT2D eigenvalue weighted by Crippen LogP contribution is -2.54. The van der Waals surface area contributed by atoms with Crippen molar-refractivity contribution in [1.82, 2.24) is 4.90 Å². The van der Waals surface area contributed by atoms with Crippen molar-refractivity contribution in [3.05, 3.63) is 11.3 Å². The van der Waals surface area contributed by atoms with Gasteiger partial charge in [0.2, 0.25) is 0 Å². The molecule has 100 valence electrons. The van der Waals surface area contributed by atoms with Crippen LogP contribution in [0, 0.1) is 11.8 Å². The van der Waals surface area contributed by atoms with Crippen molar-refractivity contribution in [2.45, 2.75) is 71.4 Å². The maximum Gasteiger partial charge on any atom is 0.162 e. The highest BCUT2D eigenvalue weighted by Gasteiger charge is 2.44. The lowest BCUT2D eigenvalue weighted by molar-refractivity contribution is -0.118. The summed E-state index contributed by atoms with van der Waals surface area (Å²) >= 11 is 0. The van der Waals surface area contributed by atoms with Crippen molar-refractivity contribution in [3.63, 3.8) is 0 Å². The van der Waals surface area contributed by atoms with Crippen LogP contribution in [0.15, 0.2) is 11.3 Å². The number of nitrogens with zero attached hydrogens (tertiary/aromatic N) is 1. The Hall–Kier alpha value is -0.790. The molecule has 1 saturated carbocycles. The van der Waals surface area contributed by atoms with E-state index in [0.29, 0.717) is 11.8 Å². The number of allylic oxidation sites excluding steroid dienone is 2. The van der Waals surface area contributed by atoms with Crippen molar-refractivity contribution < 1.29 is 4.79 Å². The van der Waals surface area contributed by atoms with Gasteiger partial charge in [-0.1, -0.05) is 19.8 Å². The van der Waals surface area contributed by atoms with Crippen LogP contribution < -0.4 is 0 Å². The zero-order chi connectivity index (χ0) is 12.9. The molecule has 4 atom stereocenters. The first kappa shape index (κ1) is 12.3. The van der Waals surface area contributed by atoms with Gasteiger partial charge in [0.1, 0.15) is 0 Å². The minimum Gasteiger partial charge on any atom is -0.368 e. The number of Topliss-reactive ketones (excluding diaryl/α,β-unsaturated/α-hetero) is 1. The maximum absolute atomic E-state index is 12.0. The van der Waals surface area contributed by atoms with Gasteiger partial charge in [-0.25, -0.2) is 0 Å². The van der Waals surface area contributed by atoms with Gasteiger partial charge in [-0.15, -0.1) is 0 Å².